The summed E-state index contributed by atoms with van der Waals surface area (Å²) in [7, 11) is 1.73. The number of carbonyl (C=O) groups excluding carboxylic acids is 2. The number of rotatable bonds is 7. The first-order valence-electron chi connectivity index (χ1n) is 8.64. The molecule has 2 N–H and O–H groups in total. The van der Waals surface area contributed by atoms with Gasteiger partial charge in [-0.3, -0.25) is 14.5 Å². The van der Waals surface area contributed by atoms with E-state index in [1.807, 2.05) is 30.3 Å². The van der Waals surface area contributed by atoms with E-state index in [4.69, 9.17) is 0 Å². The molecule has 0 unspecified atom stereocenters. The lowest BCUT2D eigenvalue weighted by Crippen LogP contribution is -2.42. The molecule has 0 heterocycles. The highest BCUT2D eigenvalue weighted by Gasteiger charge is 2.31. The van der Waals surface area contributed by atoms with Gasteiger partial charge in [0, 0.05) is 11.7 Å². The molecule has 0 aromatic heterocycles. The van der Waals surface area contributed by atoms with Gasteiger partial charge in [-0.05, 0) is 43.7 Å². The first kappa shape index (κ1) is 18.1. The van der Waals surface area contributed by atoms with Crippen molar-refractivity contribution >= 4 is 17.5 Å². The largest absolute Gasteiger partial charge is 0.352 e. The molecule has 6 heteroatoms. The lowest BCUT2D eigenvalue weighted by Gasteiger charge is -2.27. The fourth-order valence-electron chi connectivity index (χ4n) is 2.83. The van der Waals surface area contributed by atoms with Gasteiger partial charge in [0.15, 0.2) is 0 Å². The van der Waals surface area contributed by atoms with Crippen molar-refractivity contribution in [2.75, 3.05) is 18.9 Å². The van der Waals surface area contributed by atoms with Crippen LogP contribution in [0, 0.1) is 5.82 Å². The Balaban J connectivity index is 1.69. The quantitative estimate of drug-likeness (QED) is 0.803. The Labute approximate surface area is 152 Å². The first-order chi connectivity index (χ1) is 12.5. The number of benzene rings is 2. The second-order valence-corrected chi connectivity index (χ2v) is 6.57. The minimum absolute atomic E-state index is 0.00810. The van der Waals surface area contributed by atoms with Crippen LogP contribution in [0.2, 0.25) is 0 Å². The van der Waals surface area contributed by atoms with E-state index in [0.29, 0.717) is 5.69 Å². The van der Waals surface area contributed by atoms with E-state index < -0.39 is 11.9 Å². The van der Waals surface area contributed by atoms with Gasteiger partial charge >= 0.3 is 0 Å². The summed E-state index contributed by atoms with van der Waals surface area (Å²) in [5, 5.41) is 5.66. The number of amides is 2. The summed E-state index contributed by atoms with van der Waals surface area (Å²) in [6, 6.07) is 14.8. The van der Waals surface area contributed by atoms with Crippen LogP contribution in [0.1, 0.15) is 24.4 Å². The molecule has 136 valence electrons. The van der Waals surface area contributed by atoms with Gasteiger partial charge in [0.05, 0.1) is 6.54 Å². The van der Waals surface area contributed by atoms with Crippen LogP contribution in [0.4, 0.5) is 10.1 Å². The molecular formula is C20H22FN3O2. The third-order valence-corrected chi connectivity index (χ3v) is 4.23. The summed E-state index contributed by atoms with van der Waals surface area (Å²) >= 11 is 0. The molecule has 0 saturated heterocycles. The molecule has 3 rings (SSSR count). The van der Waals surface area contributed by atoms with E-state index in [9.17, 15) is 14.0 Å². The van der Waals surface area contributed by atoms with Crippen molar-refractivity contribution in [2.45, 2.75) is 24.9 Å². The molecule has 1 fully saturated rings. The van der Waals surface area contributed by atoms with Crippen molar-refractivity contribution in [2.24, 2.45) is 0 Å². The minimum Gasteiger partial charge on any atom is -0.352 e. The van der Waals surface area contributed by atoms with Gasteiger partial charge in [0.2, 0.25) is 11.8 Å². The molecular weight excluding hydrogens is 333 g/mol. The minimum atomic E-state index is -0.560. The van der Waals surface area contributed by atoms with Crippen LogP contribution in [0.15, 0.2) is 54.6 Å². The number of nitrogens with one attached hydrogen (secondary N) is 2. The summed E-state index contributed by atoms with van der Waals surface area (Å²) in [6.07, 6.45) is 1.99. The summed E-state index contributed by atoms with van der Waals surface area (Å²) < 4.78 is 13.2. The van der Waals surface area contributed by atoms with Gasteiger partial charge in [-0.2, -0.15) is 0 Å². The number of halogens is 1. The molecule has 26 heavy (non-hydrogen) atoms. The van der Waals surface area contributed by atoms with Gasteiger partial charge in [-0.25, -0.2) is 4.39 Å². The predicted octanol–water partition coefficient (Wildman–Crippen LogP) is 2.72. The Hall–Kier alpha value is -2.73. The normalized spacial score (nSPS) is 14.7. The van der Waals surface area contributed by atoms with Crippen molar-refractivity contribution in [1.29, 1.82) is 0 Å². The van der Waals surface area contributed by atoms with Crippen molar-refractivity contribution in [1.82, 2.24) is 10.2 Å². The maximum atomic E-state index is 13.2. The fourth-order valence-corrected chi connectivity index (χ4v) is 2.83. The summed E-state index contributed by atoms with van der Waals surface area (Å²) in [4.78, 5) is 26.7. The molecule has 0 aliphatic heterocycles. The zero-order valence-corrected chi connectivity index (χ0v) is 14.6. The molecule has 1 saturated carbocycles. The van der Waals surface area contributed by atoms with Crippen molar-refractivity contribution in [3.05, 3.63) is 66.0 Å². The zero-order valence-electron chi connectivity index (χ0n) is 14.6. The molecule has 1 aliphatic rings. The Kier molecular flexibility index (Phi) is 5.63. The third kappa shape index (κ3) is 4.89. The smallest absolute Gasteiger partial charge is 0.242 e. The van der Waals surface area contributed by atoms with Crippen LogP contribution in [0.5, 0.6) is 0 Å². The standard InChI is InChI=1S/C20H22FN3O2/c1-24(13-18(25)22-17-9-5-8-15(21)12-17)19(14-6-3-2-4-7-14)20(26)23-16-10-11-16/h2-9,12,16,19H,10-11,13H2,1H3,(H,22,25)(H,23,26)/t19-/m0/s1. The summed E-state index contributed by atoms with van der Waals surface area (Å²) in [6.45, 7) is 0.00810. The van der Waals surface area contributed by atoms with E-state index in [2.05, 4.69) is 10.6 Å². The average molecular weight is 355 g/mol. The van der Waals surface area contributed by atoms with E-state index >= 15 is 0 Å². The lowest BCUT2D eigenvalue weighted by atomic mass is 10.0. The van der Waals surface area contributed by atoms with Crippen LogP contribution in [0.25, 0.3) is 0 Å². The number of nitrogens with zero attached hydrogens (tertiary/aromatic N) is 1. The molecule has 0 bridgehead atoms. The number of anilines is 1. The van der Waals surface area contributed by atoms with Crippen molar-refractivity contribution in [3.63, 3.8) is 0 Å². The molecule has 0 radical (unpaired) electrons. The van der Waals surface area contributed by atoms with E-state index in [-0.39, 0.29) is 24.4 Å². The van der Waals surface area contributed by atoms with Crippen LogP contribution >= 0.6 is 0 Å². The van der Waals surface area contributed by atoms with Crippen LogP contribution in [-0.2, 0) is 9.59 Å². The van der Waals surface area contributed by atoms with E-state index in [1.165, 1.54) is 18.2 Å². The highest BCUT2D eigenvalue weighted by Crippen LogP contribution is 2.24. The van der Waals surface area contributed by atoms with Gasteiger partial charge in [0.25, 0.3) is 0 Å². The third-order valence-electron chi connectivity index (χ3n) is 4.23. The molecule has 2 aromatic carbocycles. The first-order valence-corrected chi connectivity index (χ1v) is 8.64. The van der Waals surface area contributed by atoms with Crippen molar-refractivity contribution in [3.8, 4) is 0 Å². The topological polar surface area (TPSA) is 61.4 Å². The van der Waals surface area contributed by atoms with Gasteiger partial charge in [-0.15, -0.1) is 0 Å². The van der Waals surface area contributed by atoms with E-state index in [0.717, 1.165) is 18.4 Å². The molecule has 0 spiro atoms. The van der Waals surface area contributed by atoms with Gasteiger partial charge < -0.3 is 10.6 Å². The highest BCUT2D eigenvalue weighted by atomic mass is 19.1. The lowest BCUT2D eigenvalue weighted by molar-refractivity contribution is -0.127. The van der Waals surface area contributed by atoms with E-state index in [1.54, 1.807) is 18.0 Å². The number of likely N-dealkylation sites (N-methyl/N-ethyl adjacent to an activating group) is 1. The molecule has 1 atom stereocenters. The average Bonchev–Trinajstić information content (AvgIpc) is 3.39. The summed E-state index contributed by atoms with van der Waals surface area (Å²) in [5.74, 6) is -0.833. The predicted molar refractivity (Wildman–Crippen MR) is 98.0 cm³/mol. The maximum absolute atomic E-state index is 13.2. The Bertz CT molecular complexity index is 778. The fraction of sp³-hybridized carbons (Fsp3) is 0.300. The van der Waals surface area contributed by atoms with Gasteiger partial charge in [0.1, 0.15) is 11.9 Å². The molecule has 2 amide bonds. The Morgan fingerprint density at radius 3 is 2.54 bits per heavy atom. The summed E-state index contributed by atoms with van der Waals surface area (Å²) in [5.41, 5.74) is 1.22. The van der Waals surface area contributed by atoms with Crippen LogP contribution in [0.3, 0.4) is 0 Å². The Morgan fingerprint density at radius 2 is 1.88 bits per heavy atom. The number of hydrogen-bond donors (Lipinski definition) is 2. The molecule has 5 nitrogen and oxygen atoms in total. The zero-order chi connectivity index (χ0) is 18.5. The monoisotopic (exact) mass is 355 g/mol. The van der Waals surface area contributed by atoms with Crippen molar-refractivity contribution < 1.29 is 14.0 Å². The van der Waals surface area contributed by atoms with Gasteiger partial charge in [-0.1, -0.05) is 36.4 Å². The number of carbonyl (C=O) groups is 2. The molecule has 2 aromatic rings. The second kappa shape index (κ2) is 8.10. The van der Waals surface area contributed by atoms with Crippen LogP contribution < -0.4 is 10.6 Å². The maximum Gasteiger partial charge on any atom is 0.242 e. The SMILES string of the molecule is CN(CC(=O)Nc1cccc(F)c1)[C@H](C(=O)NC1CC1)c1ccccc1. The van der Waals surface area contributed by atoms with Crippen LogP contribution in [-0.4, -0.2) is 36.3 Å². The molecule has 1 aliphatic carbocycles. The Morgan fingerprint density at radius 1 is 1.15 bits per heavy atom. The number of hydrogen-bond acceptors (Lipinski definition) is 3. The second-order valence-electron chi connectivity index (χ2n) is 6.57. The highest BCUT2D eigenvalue weighted by molar-refractivity contribution is 5.93.